The zero-order valence-electron chi connectivity index (χ0n) is 10.5. The molecule has 0 bridgehead atoms. The van der Waals surface area contributed by atoms with Crippen LogP contribution in [0, 0.1) is 0 Å². The van der Waals surface area contributed by atoms with Crippen LogP contribution in [0.3, 0.4) is 0 Å². The molecule has 0 atom stereocenters. The molecular weight excluding hydrogens is 202 g/mol. The Hall–Kier alpha value is -1.22. The summed E-state index contributed by atoms with van der Waals surface area (Å²) in [5.74, 6) is 0.784. The molecule has 1 aromatic carbocycles. The molecule has 1 rings (SSSR count). The van der Waals surface area contributed by atoms with E-state index in [0.29, 0.717) is 12.3 Å². The van der Waals surface area contributed by atoms with Gasteiger partial charge in [0.1, 0.15) is 5.75 Å². The van der Waals surface area contributed by atoms with E-state index in [1.165, 1.54) is 0 Å². The fraction of sp³-hybridized carbons (Fsp3) is 0.538. The van der Waals surface area contributed by atoms with Crippen molar-refractivity contribution in [3.8, 4) is 5.75 Å². The number of ether oxygens (including phenoxy) is 2. The van der Waals surface area contributed by atoms with Gasteiger partial charge in [0.05, 0.1) is 19.3 Å². The Balaban J connectivity index is 2.74. The lowest BCUT2D eigenvalue weighted by atomic mass is 10.1. The fourth-order valence-electron chi connectivity index (χ4n) is 1.26. The molecule has 0 heterocycles. The number of benzene rings is 1. The van der Waals surface area contributed by atoms with Gasteiger partial charge in [-0.3, -0.25) is 0 Å². The van der Waals surface area contributed by atoms with Crippen molar-refractivity contribution < 1.29 is 9.47 Å². The molecule has 90 valence electrons. The van der Waals surface area contributed by atoms with Crippen LogP contribution in [-0.2, 0) is 11.3 Å². The highest BCUT2D eigenvalue weighted by Gasteiger charge is 2.16. The van der Waals surface area contributed by atoms with Crippen molar-refractivity contribution in [1.29, 1.82) is 0 Å². The zero-order valence-corrected chi connectivity index (χ0v) is 10.5. The second-order valence-electron chi connectivity index (χ2n) is 4.47. The van der Waals surface area contributed by atoms with Gasteiger partial charge in [-0.2, -0.15) is 0 Å². The van der Waals surface area contributed by atoms with Crippen molar-refractivity contribution >= 4 is 5.69 Å². The Bertz CT molecular complexity index is 348. The van der Waals surface area contributed by atoms with E-state index in [0.717, 1.165) is 17.7 Å². The van der Waals surface area contributed by atoms with Crippen LogP contribution in [0.15, 0.2) is 18.2 Å². The first kappa shape index (κ1) is 12.8. The van der Waals surface area contributed by atoms with E-state index < -0.39 is 0 Å². The lowest BCUT2D eigenvalue weighted by Crippen LogP contribution is -2.22. The SMILES string of the molecule is CCC(C)(C)OCc1ccc(N)cc1OC. The Morgan fingerprint density at radius 3 is 2.56 bits per heavy atom. The maximum Gasteiger partial charge on any atom is 0.126 e. The number of hydrogen-bond donors (Lipinski definition) is 1. The summed E-state index contributed by atoms with van der Waals surface area (Å²) in [5, 5.41) is 0. The number of methoxy groups -OCH3 is 1. The molecule has 0 amide bonds. The van der Waals surface area contributed by atoms with Gasteiger partial charge in [-0.1, -0.05) is 13.0 Å². The molecule has 0 aromatic heterocycles. The molecule has 3 nitrogen and oxygen atoms in total. The molecule has 0 unspecified atom stereocenters. The zero-order chi connectivity index (χ0) is 12.2. The quantitative estimate of drug-likeness (QED) is 0.780. The topological polar surface area (TPSA) is 44.5 Å². The predicted molar refractivity (Wildman–Crippen MR) is 66.6 cm³/mol. The highest BCUT2D eigenvalue weighted by Crippen LogP contribution is 2.24. The maximum atomic E-state index is 5.83. The van der Waals surface area contributed by atoms with E-state index in [4.69, 9.17) is 15.2 Å². The largest absolute Gasteiger partial charge is 0.496 e. The average molecular weight is 223 g/mol. The second kappa shape index (κ2) is 5.21. The first-order valence-electron chi connectivity index (χ1n) is 5.55. The van der Waals surface area contributed by atoms with Gasteiger partial charge in [-0.15, -0.1) is 0 Å². The van der Waals surface area contributed by atoms with E-state index in [1.807, 2.05) is 18.2 Å². The third kappa shape index (κ3) is 3.42. The summed E-state index contributed by atoms with van der Waals surface area (Å²) in [6, 6.07) is 5.62. The van der Waals surface area contributed by atoms with E-state index >= 15 is 0 Å². The number of anilines is 1. The van der Waals surface area contributed by atoms with Gasteiger partial charge >= 0.3 is 0 Å². The summed E-state index contributed by atoms with van der Waals surface area (Å²) in [4.78, 5) is 0. The predicted octanol–water partition coefficient (Wildman–Crippen LogP) is 2.98. The van der Waals surface area contributed by atoms with E-state index in [2.05, 4.69) is 20.8 Å². The van der Waals surface area contributed by atoms with Crippen molar-refractivity contribution in [3.05, 3.63) is 23.8 Å². The van der Waals surface area contributed by atoms with Gasteiger partial charge in [-0.05, 0) is 26.3 Å². The first-order valence-corrected chi connectivity index (χ1v) is 5.55. The Labute approximate surface area is 97.6 Å². The molecule has 0 fully saturated rings. The summed E-state index contributed by atoms with van der Waals surface area (Å²) in [5.41, 5.74) is 7.32. The Morgan fingerprint density at radius 1 is 1.31 bits per heavy atom. The maximum absolute atomic E-state index is 5.83. The molecule has 1 aromatic rings. The van der Waals surface area contributed by atoms with Gasteiger partial charge in [0, 0.05) is 17.3 Å². The Morgan fingerprint density at radius 2 is 2.00 bits per heavy atom. The highest BCUT2D eigenvalue weighted by atomic mass is 16.5. The average Bonchev–Trinajstić information content (AvgIpc) is 2.27. The molecule has 2 N–H and O–H groups in total. The number of hydrogen-bond acceptors (Lipinski definition) is 3. The molecule has 0 aliphatic heterocycles. The molecule has 0 spiro atoms. The van der Waals surface area contributed by atoms with Crippen LogP contribution in [0.25, 0.3) is 0 Å². The molecule has 3 heteroatoms. The highest BCUT2D eigenvalue weighted by molar-refractivity contribution is 5.48. The van der Waals surface area contributed by atoms with Crippen molar-refractivity contribution in [3.63, 3.8) is 0 Å². The van der Waals surface area contributed by atoms with Crippen molar-refractivity contribution in [2.75, 3.05) is 12.8 Å². The minimum atomic E-state index is -0.105. The standard InChI is InChI=1S/C13H21NO2/c1-5-13(2,3)16-9-10-6-7-11(14)8-12(10)15-4/h6-8H,5,9,14H2,1-4H3. The van der Waals surface area contributed by atoms with E-state index in [-0.39, 0.29) is 5.60 Å². The summed E-state index contributed by atoms with van der Waals surface area (Å²) in [7, 11) is 1.64. The summed E-state index contributed by atoms with van der Waals surface area (Å²) < 4.78 is 11.1. The van der Waals surface area contributed by atoms with Crippen LogP contribution in [0.2, 0.25) is 0 Å². The van der Waals surface area contributed by atoms with Crippen molar-refractivity contribution in [2.24, 2.45) is 0 Å². The number of nitrogen functional groups attached to an aromatic ring is 1. The number of nitrogens with two attached hydrogens (primary N) is 1. The molecule has 0 radical (unpaired) electrons. The third-order valence-corrected chi connectivity index (χ3v) is 2.78. The van der Waals surface area contributed by atoms with Crippen LogP contribution in [-0.4, -0.2) is 12.7 Å². The van der Waals surface area contributed by atoms with E-state index in [1.54, 1.807) is 7.11 Å². The van der Waals surface area contributed by atoms with E-state index in [9.17, 15) is 0 Å². The van der Waals surface area contributed by atoms with Crippen LogP contribution >= 0.6 is 0 Å². The van der Waals surface area contributed by atoms with Gasteiger partial charge in [0.15, 0.2) is 0 Å². The minimum absolute atomic E-state index is 0.105. The van der Waals surface area contributed by atoms with Crippen LogP contribution in [0.1, 0.15) is 32.8 Å². The van der Waals surface area contributed by atoms with Crippen LogP contribution in [0.5, 0.6) is 5.75 Å². The molecule has 16 heavy (non-hydrogen) atoms. The lowest BCUT2D eigenvalue weighted by Gasteiger charge is -2.24. The summed E-state index contributed by atoms with van der Waals surface area (Å²) in [6.45, 7) is 6.82. The van der Waals surface area contributed by atoms with Crippen LogP contribution in [0.4, 0.5) is 5.69 Å². The fourth-order valence-corrected chi connectivity index (χ4v) is 1.26. The second-order valence-corrected chi connectivity index (χ2v) is 4.47. The molecule has 0 aliphatic carbocycles. The molecule has 0 saturated carbocycles. The molecule has 0 saturated heterocycles. The molecular formula is C13H21NO2. The first-order chi connectivity index (χ1) is 7.48. The monoisotopic (exact) mass is 223 g/mol. The third-order valence-electron chi connectivity index (χ3n) is 2.78. The molecule has 0 aliphatic rings. The summed E-state index contributed by atoms with van der Waals surface area (Å²) in [6.07, 6.45) is 0.976. The van der Waals surface area contributed by atoms with Crippen molar-refractivity contribution in [2.45, 2.75) is 39.4 Å². The van der Waals surface area contributed by atoms with Crippen molar-refractivity contribution in [1.82, 2.24) is 0 Å². The van der Waals surface area contributed by atoms with Gasteiger partial charge < -0.3 is 15.2 Å². The normalized spacial score (nSPS) is 11.5. The minimum Gasteiger partial charge on any atom is -0.496 e. The van der Waals surface area contributed by atoms with Gasteiger partial charge in [0.2, 0.25) is 0 Å². The summed E-state index contributed by atoms with van der Waals surface area (Å²) >= 11 is 0. The smallest absolute Gasteiger partial charge is 0.126 e. The van der Waals surface area contributed by atoms with Gasteiger partial charge in [0.25, 0.3) is 0 Å². The van der Waals surface area contributed by atoms with Crippen LogP contribution < -0.4 is 10.5 Å². The Kier molecular flexibility index (Phi) is 4.19. The van der Waals surface area contributed by atoms with Gasteiger partial charge in [-0.25, -0.2) is 0 Å². The number of rotatable bonds is 5. The lowest BCUT2D eigenvalue weighted by molar-refractivity contribution is -0.0322.